The highest BCUT2D eigenvalue weighted by Gasteiger charge is 2.44. The van der Waals surface area contributed by atoms with Gasteiger partial charge in [-0.15, -0.1) is 11.3 Å². The number of hydrogen-bond acceptors (Lipinski definition) is 9. The van der Waals surface area contributed by atoms with Crippen molar-refractivity contribution in [3.8, 4) is 0 Å². The van der Waals surface area contributed by atoms with Gasteiger partial charge >= 0.3 is 11.9 Å². The number of esters is 2. The molecule has 1 aliphatic rings. The Hall–Kier alpha value is -4.25. The number of para-hydroxylation sites is 1. The molecular formula is C31H36N4O6S. The Morgan fingerprint density at radius 2 is 1.67 bits per heavy atom. The van der Waals surface area contributed by atoms with Crippen LogP contribution in [0.3, 0.4) is 0 Å². The minimum Gasteiger partial charge on any atom is -0.448 e. The molecule has 10 nitrogen and oxygen atoms in total. The zero-order valence-corrected chi connectivity index (χ0v) is 25.1. The van der Waals surface area contributed by atoms with Crippen LogP contribution in [0.15, 0.2) is 60.0 Å². The third kappa shape index (κ3) is 7.73. The number of carbonyl (C=O) groups excluding carboxylic acids is 4. The first-order valence-electron chi connectivity index (χ1n) is 13.8. The maximum atomic E-state index is 13.8. The maximum absolute atomic E-state index is 13.8. The normalized spacial score (nSPS) is 15.9. The number of carbonyl (C=O) groups is 4. The number of thiazole rings is 1. The van der Waals surface area contributed by atoms with Gasteiger partial charge in [0.1, 0.15) is 5.01 Å². The van der Waals surface area contributed by atoms with Crippen LogP contribution in [-0.4, -0.2) is 66.5 Å². The maximum Gasteiger partial charge on any atom is 0.303 e. The van der Waals surface area contributed by atoms with Crippen molar-refractivity contribution in [1.82, 2.24) is 15.2 Å². The number of ether oxygens (including phenoxy) is 2. The van der Waals surface area contributed by atoms with Gasteiger partial charge in [-0.05, 0) is 30.0 Å². The molecule has 1 saturated heterocycles. The standard InChI is InChI=1S/C31H36N4O6S/c1-20(36)40-28(29(41-21(2)37)31(39)35-16-10-15-26(35)22-11-6-5-7-12-22)30(38)32-18-27-33-24(19-42-27)17-23-13-8-9-14-25(23)34(3)4/h5-9,11-14,19,26,28-29H,10,15-18H2,1-4H3,(H,32,38)/t26?,28-,29-/m1/s1. The smallest absolute Gasteiger partial charge is 0.303 e. The summed E-state index contributed by atoms with van der Waals surface area (Å²) in [6.45, 7) is 2.75. The van der Waals surface area contributed by atoms with Crippen molar-refractivity contribution in [2.75, 3.05) is 25.5 Å². The third-order valence-corrected chi connectivity index (χ3v) is 7.84. The molecule has 0 bridgehead atoms. The fourth-order valence-electron chi connectivity index (χ4n) is 5.13. The van der Waals surface area contributed by atoms with E-state index in [9.17, 15) is 19.2 Å². The summed E-state index contributed by atoms with van der Waals surface area (Å²) < 4.78 is 10.7. The molecule has 4 rings (SSSR count). The van der Waals surface area contributed by atoms with Crippen LogP contribution in [0, 0.1) is 0 Å². The van der Waals surface area contributed by atoms with Gasteiger partial charge in [0.25, 0.3) is 11.8 Å². The second kappa shape index (κ2) is 14.1. The van der Waals surface area contributed by atoms with E-state index >= 15 is 0 Å². The largest absolute Gasteiger partial charge is 0.448 e. The number of benzene rings is 2. The number of nitrogens with one attached hydrogen (secondary N) is 1. The number of likely N-dealkylation sites (tertiary alicyclic amines) is 1. The molecule has 1 aliphatic heterocycles. The van der Waals surface area contributed by atoms with E-state index in [0.29, 0.717) is 18.0 Å². The monoisotopic (exact) mass is 592 g/mol. The predicted octanol–water partition coefficient (Wildman–Crippen LogP) is 3.64. The molecule has 11 heteroatoms. The molecule has 0 radical (unpaired) electrons. The molecule has 42 heavy (non-hydrogen) atoms. The number of aromatic nitrogens is 1. The number of amides is 2. The van der Waals surface area contributed by atoms with Gasteiger partial charge in [0, 0.05) is 52.0 Å². The van der Waals surface area contributed by atoms with Gasteiger partial charge in [-0.2, -0.15) is 0 Å². The Bertz CT molecular complexity index is 1410. The van der Waals surface area contributed by atoms with Crippen LogP contribution in [0.5, 0.6) is 0 Å². The van der Waals surface area contributed by atoms with Crippen molar-refractivity contribution in [2.24, 2.45) is 0 Å². The number of nitrogens with zero attached hydrogens (tertiary/aromatic N) is 3. The predicted molar refractivity (Wildman–Crippen MR) is 159 cm³/mol. The summed E-state index contributed by atoms with van der Waals surface area (Å²) in [6.07, 6.45) is -1.21. The third-order valence-electron chi connectivity index (χ3n) is 6.94. The highest BCUT2D eigenvalue weighted by Crippen LogP contribution is 2.33. The van der Waals surface area contributed by atoms with Gasteiger partial charge in [-0.1, -0.05) is 48.5 Å². The van der Waals surface area contributed by atoms with Crippen LogP contribution >= 0.6 is 11.3 Å². The van der Waals surface area contributed by atoms with Crippen molar-refractivity contribution < 1.29 is 28.7 Å². The summed E-state index contributed by atoms with van der Waals surface area (Å²) in [7, 11) is 3.97. The molecule has 1 fully saturated rings. The van der Waals surface area contributed by atoms with E-state index in [4.69, 9.17) is 9.47 Å². The molecule has 0 saturated carbocycles. The van der Waals surface area contributed by atoms with E-state index in [-0.39, 0.29) is 12.6 Å². The fraction of sp³-hybridized carbons (Fsp3) is 0.387. The van der Waals surface area contributed by atoms with E-state index in [1.165, 1.54) is 11.3 Å². The van der Waals surface area contributed by atoms with Gasteiger partial charge in [-0.25, -0.2) is 4.98 Å². The van der Waals surface area contributed by atoms with Crippen LogP contribution in [0.25, 0.3) is 0 Å². The van der Waals surface area contributed by atoms with Crippen molar-refractivity contribution in [1.29, 1.82) is 0 Å². The van der Waals surface area contributed by atoms with Crippen LogP contribution in [-0.2, 0) is 41.6 Å². The molecule has 3 atom stereocenters. The lowest BCUT2D eigenvalue weighted by atomic mass is 10.0. The van der Waals surface area contributed by atoms with Gasteiger partial charge in [0.15, 0.2) is 0 Å². The van der Waals surface area contributed by atoms with E-state index in [1.807, 2.05) is 72.9 Å². The zero-order valence-electron chi connectivity index (χ0n) is 24.2. The molecule has 1 aromatic heterocycles. The molecule has 222 valence electrons. The number of rotatable bonds is 11. The zero-order chi connectivity index (χ0) is 30.2. The second-order valence-corrected chi connectivity index (χ2v) is 11.3. The topological polar surface area (TPSA) is 118 Å². The molecule has 2 aromatic carbocycles. The Labute approximate surface area is 249 Å². The number of anilines is 1. The summed E-state index contributed by atoms with van der Waals surface area (Å²) in [4.78, 5) is 59.5. The quantitative estimate of drug-likeness (QED) is 0.336. The van der Waals surface area contributed by atoms with E-state index in [0.717, 1.165) is 49.2 Å². The van der Waals surface area contributed by atoms with Gasteiger partial charge in [0.05, 0.1) is 18.3 Å². The van der Waals surface area contributed by atoms with Crippen molar-refractivity contribution in [2.45, 2.75) is 57.9 Å². The molecule has 3 aromatic rings. The van der Waals surface area contributed by atoms with Crippen LogP contribution in [0.4, 0.5) is 5.69 Å². The molecule has 2 heterocycles. The molecule has 0 spiro atoms. The lowest BCUT2D eigenvalue weighted by molar-refractivity contribution is -0.178. The molecular weight excluding hydrogens is 556 g/mol. The van der Waals surface area contributed by atoms with E-state index in [2.05, 4.69) is 16.4 Å². The summed E-state index contributed by atoms with van der Waals surface area (Å²) in [5, 5.41) is 5.29. The molecule has 2 amide bonds. The van der Waals surface area contributed by atoms with Crippen molar-refractivity contribution >= 4 is 40.8 Å². The van der Waals surface area contributed by atoms with Gasteiger partial charge < -0.3 is 24.6 Å². The Morgan fingerprint density at radius 3 is 2.36 bits per heavy atom. The van der Waals surface area contributed by atoms with E-state index < -0.39 is 36.0 Å². The van der Waals surface area contributed by atoms with Crippen LogP contribution in [0.2, 0.25) is 0 Å². The minimum absolute atomic E-state index is 0.0495. The van der Waals surface area contributed by atoms with Crippen LogP contribution in [0.1, 0.15) is 54.6 Å². The summed E-state index contributed by atoms with van der Waals surface area (Å²) in [6, 6.07) is 17.3. The summed E-state index contributed by atoms with van der Waals surface area (Å²) >= 11 is 1.39. The Balaban J connectivity index is 1.49. The Morgan fingerprint density at radius 1 is 1.00 bits per heavy atom. The lowest BCUT2D eigenvalue weighted by Crippen LogP contribution is -2.53. The highest BCUT2D eigenvalue weighted by molar-refractivity contribution is 7.09. The average molecular weight is 593 g/mol. The minimum atomic E-state index is -1.66. The second-order valence-electron chi connectivity index (χ2n) is 10.3. The SMILES string of the molecule is CC(=O)O[C@@H](C(=O)NCc1nc(Cc2ccccc2N(C)C)cs1)[C@@H](OC(C)=O)C(=O)N1CCCC1c1ccccc1. The lowest BCUT2D eigenvalue weighted by Gasteiger charge is -2.31. The first-order chi connectivity index (χ1) is 20.1. The highest BCUT2D eigenvalue weighted by atomic mass is 32.1. The fourth-order valence-corrected chi connectivity index (χ4v) is 5.87. The molecule has 1 unspecified atom stereocenters. The van der Waals surface area contributed by atoms with Crippen molar-refractivity contribution in [3.63, 3.8) is 0 Å². The van der Waals surface area contributed by atoms with E-state index in [1.54, 1.807) is 4.90 Å². The summed E-state index contributed by atoms with van der Waals surface area (Å²) in [5.74, 6) is -2.89. The Kier molecular flexibility index (Phi) is 10.3. The summed E-state index contributed by atoms with van der Waals surface area (Å²) in [5.41, 5.74) is 4.00. The van der Waals surface area contributed by atoms with Gasteiger partial charge in [-0.3, -0.25) is 19.2 Å². The van der Waals surface area contributed by atoms with Crippen molar-refractivity contribution in [3.05, 3.63) is 81.8 Å². The molecule has 1 N–H and O–H groups in total. The first-order valence-corrected chi connectivity index (χ1v) is 14.7. The first kappa shape index (κ1) is 30.7. The van der Waals surface area contributed by atoms with Crippen LogP contribution < -0.4 is 10.2 Å². The van der Waals surface area contributed by atoms with Gasteiger partial charge in [0.2, 0.25) is 12.2 Å². The number of hydrogen-bond donors (Lipinski definition) is 1. The molecule has 0 aliphatic carbocycles. The average Bonchev–Trinajstić information content (AvgIpc) is 3.63.